The molecular weight excluding hydrogens is 210 g/mol. The van der Waals surface area contributed by atoms with E-state index in [1.807, 2.05) is 0 Å². The molecule has 0 aromatic carbocycles. The topological polar surface area (TPSA) is 105 Å². The Labute approximate surface area is 80.0 Å². The minimum atomic E-state index is -4.18. The number of carboxylic acid groups (broad SMARTS) is 1. The summed E-state index contributed by atoms with van der Waals surface area (Å²) in [7, 11) is -4.18. The van der Waals surface area contributed by atoms with Gasteiger partial charge in [-0.25, -0.2) is 9.78 Å². The van der Waals surface area contributed by atoms with Gasteiger partial charge in [-0.15, -0.1) is 0 Å². The van der Waals surface area contributed by atoms with Gasteiger partial charge in [0.25, 0.3) is 10.1 Å². The van der Waals surface area contributed by atoms with E-state index in [0.717, 1.165) is 0 Å². The lowest BCUT2D eigenvalue weighted by Crippen LogP contribution is -2.07. The number of aromatic carboxylic acids is 1. The summed E-state index contributed by atoms with van der Waals surface area (Å²) in [5, 5.41) is 8.53. The van der Waals surface area contributed by atoms with Crippen LogP contribution in [0.15, 0.2) is 18.2 Å². The van der Waals surface area contributed by atoms with E-state index in [4.69, 9.17) is 9.66 Å². The summed E-state index contributed by atoms with van der Waals surface area (Å²) in [5.74, 6) is -1.93. The fourth-order valence-electron chi connectivity index (χ4n) is 0.866. The average Bonchev–Trinajstić information content (AvgIpc) is 2.01. The van der Waals surface area contributed by atoms with Crippen molar-refractivity contribution in [3.8, 4) is 0 Å². The predicted octanol–water partition coefficient (Wildman–Crippen LogP) is 0.168. The number of aromatic nitrogens is 1. The van der Waals surface area contributed by atoms with Crippen LogP contribution in [0.3, 0.4) is 0 Å². The summed E-state index contributed by atoms with van der Waals surface area (Å²) in [6, 6.07) is 3.91. The van der Waals surface area contributed by atoms with Crippen LogP contribution in [0.4, 0.5) is 0 Å². The van der Waals surface area contributed by atoms with Crippen molar-refractivity contribution in [2.24, 2.45) is 0 Å². The van der Waals surface area contributed by atoms with E-state index in [9.17, 15) is 13.2 Å². The van der Waals surface area contributed by atoms with Gasteiger partial charge in [0.1, 0.15) is 11.4 Å². The molecule has 14 heavy (non-hydrogen) atoms. The first-order valence-corrected chi connectivity index (χ1v) is 5.14. The summed E-state index contributed by atoms with van der Waals surface area (Å²) in [6.07, 6.45) is 0. The van der Waals surface area contributed by atoms with Crippen LogP contribution >= 0.6 is 0 Å². The third-order valence-electron chi connectivity index (χ3n) is 1.36. The SMILES string of the molecule is O=C(O)c1cccc(CS(=O)(=O)O)n1. The predicted molar refractivity (Wildman–Crippen MR) is 46.4 cm³/mol. The third kappa shape index (κ3) is 3.11. The molecule has 6 nitrogen and oxygen atoms in total. The number of hydrogen-bond acceptors (Lipinski definition) is 4. The Morgan fingerprint density at radius 1 is 1.43 bits per heavy atom. The van der Waals surface area contributed by atoms with E-state index in [2.05, 4.69) is 4.98 Å². The van der Waals surface area contributed by atoms with E-state index in [1.165, 1.54) is 18.2 Å². The average molecular weight is 217 g/mol. The summed E-state index contributed by atoms with van der Waals surface area (Å²) < 4.78 is 29.4. The summed E-state index contributed by atoms with van der Waals surface area (Å²) in [4.78, 5) is 14.0. The minimum absolute atomic E-state index is 0.00704. The van der Waals surface area contributed by atoms with Gasteiger partial charge in [0.15, 0.2) is 0 Å². The van der Waals surface area contributed by atoms with Gasteiger partial charge in [-0.3, -0.25) is 4.55 Å². The molecule has 0 bridgehead atoms. The first-order valence-electron chi connectivity index (χ1n) is 3.53. The Morgan fingerprint density at radius 2 is 2.07 bits per heavy atom. The molecule has 0 fully saturated rings. The van der Waals surface area contributed by atoms with E-state index < -0.39 is 21.8 Å². The fourth-order valence-corrected chi connectivity index (χ4v) is 1.40. The molecular formula is C7H7NO5S. The maximum Gasteiger partial charge on any atom is 0.354 e. The highest BCUT2D eigenvalue weighted by atomic mass is 32.2. The molecule has 76 valence electrons. The maximum absolute atomic E-state index is 10.4. The van der Waals surface area contributed by atoms with Crippen molar-refractivity contribution in [3.63, 3.8) is 0 Å². The number of nitrogens with zero attached hydrogens (tertiary/aromatic N) is 1. The van der Waals surface area contributed by atoms with Crippen molar-refractivity contribution in [3.05, 3.63) is 29.6 Å². The normalized spacial score (nSPS) is 11.2. The molecule has 1 aromatic heterocycles. The van der Waals surface area contributed by atoms with Crippen LogP contribution in [-0.2, 0) is 15.9 Å². The van der Waals surface area contributed by atoms with Crippen LogP contribution in [0.1, 0.15) is 16.2 Å². The number of pyridine rings is 1. The zero-order chi connectivity index (χ0) is 10.8. The molecule has 0 amide bonds. The Morgan fingerprint density at radius 3 is 2.57 bits per heavy atom. The molecule has 0 aliphatic rings. The van der Waals surface area contributed by atoms with Crippen LogP contribution in [0.5, 0.6) is 0 Å². The lowest BCUT2D eigenvalue weighted by Gasteiger charge is -1.98. The summed E-state index contributed by atoms with van der Waals surface area (Å²) >= 11 is 0. The minimum Gasteiger partial charge on any atom is -0.477 e. The molecule has 7 heteroatoms. The highest BCUT2D eigenvalue weighted by Gasteiger charge is 2.10. The third-order valence-corrected chi connectivity index (χ3v) is 2.02. The highest BCUT2D eigenvalue weighted by Crippen LogP contribution is 2.03. The van der Waals surface area contributed by atoms with Gasteiger partial charge in [-0.1, -0.05) is 6.07 Å². The second kappa shape index (κ2) is 3.72. The lowest BCUT2D eigenvalue weighted by atomic mass is 10.3. The number of carboxylic acids is 1. The van der Waals surface area contributed by atoms with Gasteiger partial charge >= 0.3 is 5.97 Å². The van der Waals surface area contributed by atoms with Gasteiger partial charge in [-0.05, 0) is 12.1 Å². The summed E-state index contributed by atoms with van der Waals surface area (Å²) in [5.41, 5.74) is -0.265. The lowest BCUT2D eigenvalue weighted by molar-refractivity contribution is 0.0690. The van der Waals surface area contributed by atoms with Crippen molar-refractivity contribution in [2.45, 2.75) is 5.75 Å². The number of hydrogen-bond donors (Lipinski definition) is 2. The monoisotopic (exact) mass is 217 g/mol. The van der Waals surface area contributed by atoms with Gasteiger partial charge in [0.2, 0.25) is 0 Å². The molecule has 1 heterocycles. The molecule has 1 aromatic rings. The van der Waals surface area contributed by atoms with Crippen molar-refractivity contribution < 1.29 is 22.9 Å². The Bertz CT molecular complexity index is 453. The Kier molecular flexibility index (Phi) is 2.82. The van der Waals surface area contributed by atoms with E-state index in [0.29, 0.717) is 0 Å². The number of carbonyl (C=O) groups is 1. The molecule has 0 aliphatic heterocycles. The first-order chi connectivity index (χ1) is 6.38. The fraction of sp³-hybridized carbons (Fsp3) is 0.143. The highest BCUT2D eigenvalue weighted by molar-refractivity contribution is 7.84. The quantitative estimate of drug-likeness (QED) is 0.699. The van der Waals surface area contributed by atoms with Gasteiger partial charge < -0.3 is 5.11 Å². The van der Waals surface area contributed by atoms with Crippen molar-refractivity contribution >= 4 is 16.1 Å². The largest absolute Gasteiger partial charge is 0.477 e. The van der Waals surface area contributed by atoms with Crippen molar-refractivity contribution in [1.29, 1.82) is 0 Å². The van der Waals surface area contributed by atoms with E-state index in [1.54, 1.807) is 0 Å². The van der Waals surface area contributed by atoms with E-state index >= 15 is 0 Å². The molecule has 2 N–H and O–H groups in total. The van der Waals surface area contributed by atoms with Crippen molar-refractivity contribution in [1.82, 2.24) is 4.98 Å². The van der Waals surface area contributed by atoms with Crippen LogP contribution in [0, 0.1) is 0 Å². The van der Waals surface area contributed by atoms with Crippen LogP contribution < -0.4 is 0 Å². The maximum atomic E-state index is 10.4. The Balaban J connectivity index is 3.01. The molecule has 0 aliphatic carbocycles. The van der Waals surface area contributed by atoms with Gasteiger partial charge in [0.05, 0.1) is 5.69 Å². The molecule has 1 rings (SSSR count). The smallest absolute Gasteiger partial charge is 0.354 e. The molecule has 0 saturated carbocycles. The van der Waals surface area contributed by atoms with Crippen molar-refractivity contribution in [2.75, 3.05) is 0 Å². The molecule has 0 atom stereocenters. The molecule has 0 saturated heterocycles. The van der Waals surface area contributed by atoms with Gasteiger partial charge in [-0.2, -0.15) is 8.42 Å². The zero-order valence-corrected chi connectivity index (χ0v) is 7.73. The molecule has 0 spiro atoms. The molecule has 0 unspecified atom stereocenters. The van der Waals surface area contributed by atoms with E-state index in [-0.39, 0.29) is 11.4 Å². The number of rotatable bonds is 3. The Hall–Kier alpha value is -1.47. The molecule has 0 radical (unpaired) electrons. The van der Waals surface area contributed by atoms with Crippen LogP contribution in [0.25, 0.3) is 0 Å². The second-order valence-corrected chi connectivity index (χ2v) is 4.00. The first kappa shape index (κ1) is 10.6. The van der Waals surface area contributed by atoms with Gasteiger partial charge in [0, 0.05) is 0 Å². The zero-order valence-electron chi connectivity index (χ0n) is 6.91. The second-order valence-electron chi connectivity index (χ2n) is 2.55. The van der Waals surface area contributed by atoms with Crippen LogP contribution in [0.2, 0.25) is 0 Å². The summed E-state index contributed by atoms with van der Waals surface area (Å²) in [6.45, 7) is 0. The standard InChI is InChI=1S/C7H7NO5S/c9-7(10)6-3-1-2-5(8-6)4-14(11,12)13/h1-3H,4H2,(H,9,10)(H,11,12,13). The van der Waals surface area contributed by atoms with Crippen LogP contribution in [-0.4, -0.2) is 29.0 Å².